The minimum atomic E-state index is -0.507. The van der Waals surface area contributed by atoms with Crippen molar-refractivity contribution in [3.05, 3.63) is 93.2 Å². The summed E-state index contributed by atoms with van der Waals surface area (Å²) < 4.78 is 5.64. The number of rotatable bonds is 7. The fraction of sp³-hybridized carbons (Fsp3) is 0.130. The van der Waals surface area contributed by atoms with Gasteiger partial charge in [-0.05, 0) is 42.7 Å². The third-order valence-corrected chi connectivity index (χ3v) is 4.44. The predicted molar refractivity (Wildman–Crippen MR) is 112 cm³/mol. The van der Waals surface area contributed by atoms with E-state index in [2.05, 4.69) is 5.32 Å². The third kappa shape index (κ3) is 5.00. The van der Waals surface area contributed by atoms with Gasteiger partial charge in [-0.1, -0.05) is 36.4 Å². The number of nitrogens with zero attached hydrogens (tertiary/aromatic N) is 2. The number of aryl methyl sites for hydroxylation is 1. The number of carbonyl (C=O) groups is 1. The largest absolute Gasteiger partial charge is 0.456 e. The zero-order chi connectivity index (χ0) is 21.5. The molecule has 7 nitrogen and oxygen atoms in total. The number of amides is 1. The van der Waals surface area contributed by atoms with Gasteiger partial charge in [-0.2, -0.15) is 5.26 Å². The summed E-state index contributed by atoms with van der Waals surface area (Å²) >= 11 is 0. The summed E-state index contributed by atoms with van der Waals surface area (Å²) in [6.07, 6.45) is 1.97. The summed E-state index contributed by atoms with van der Waals surface area (Å²) in [5, 5.41) is 23.4. The number of nitro groups is 1. The van der Waals surface area contributed by atoms with E-state index >= 15 is 0 Å². The van der Waals surface area contributed by atoms with Gasteiger partial charge in [0, 0.05) is 18.7 Å². The fourth-order valence-corrected chi connectivity index (χ4v) is 2.93. The lowest BCUT2D eigenvalue weighted by atomic mass is 10.1. The zero-order valence-corrected chi connectivity index (χ0v) is 16.3. The van der Waals surface area contributed by atoms with Gasteiger partial charge in [0.05, 0.1) is 10.5 Å². The molecule has 7 heteroatoms. The van der Waals surface area contributed by atoms with E-state index in [1.54, 1.807) is 31.2 Å². The molecule has 0 radical (unpaired) electrons. The van der Waals surface area contributed by atoms with Crippen molar-refractivity contribution in [3.8, 4) is 17.4 Å². The molecule has 0 saturated heterocycles. The Hall–Kier alpha value is -4.18. The number of nitriles is 1. The molecule has 0 unspecified atom stereocenters. The Labute approximate surface area is 173 Å². The van der Waals surface area contributed by atoms with Crippen LogP contribution in [0.1, 0.15) is 16.9 Å². The number of carbonyl (C=O) groups excluding carboxylic acids is 1. The van der Waals surface area contributed by atoms with Crippen molar-refractivity contribution in [3.63, 3.8) is 0 Å². The number of benzene rings is 2. The van der Waals surface area contributed by atoms with Crippen molar-refractivity contribution >= 4 is 17.7 Å². The van der Waals surface area contributed by atoms with E-state index in [0.717, 1.165) is 11.1 Å². The first-order valence-corrected chi connectivity index (χ1v) is 9.27. The minimum absolute atomic E-state index is 0.0703. The van der Waals surface area contributed by atoms with Crippen molar-refractivity contribution in [1.29, 1.82) is 5.26 Å². The Morgan fingerprint density at radius 2 is 1.97 bits per heavy atom. The molecule has 0 saturated carbocycles. The van der Waals surface area contributed by atoms with Crippen molar-refractivity contribution in [1.82, 2.24) is 5.32 Å². The van der Waals surface area contributed by atoms with E-state index in [4.69, 9.17) is 4.42 Å². The Morgan fingerprint density at radius 1 is 1.20 bits per heavy atom. The van der Waals surface area contributed by atoms with Crippen molar-refractivity contribution in [2.45, 2.75) is 13.3 Å². The van der Waals surface area contributed by atoms with E-state index in [1.165, 1.54) is 12.1 Å². The Kier molecular flexibility index (Phi) is 6.40. The number of nitro benzene ring substituents is 1. The smallest absolute Gasteiger partial charge is 0.280 e. The van der Waals surface area contributed by atoms with Gasteiger partial charge in [0.25, 0.3) is 11.6 Å². The molecule has 1 N–H and O–H groups in total. The second kappa shape index (κ2) is 9.34. The average molecular weight is 401 g/mol. The Bertz CT molecular complexity index is 1140. The number of hydrogen-bond acceptors (Lipinski definition) is 5. The molecule has 1 amide bonds. The normalized spacial score (nSPS) is 11.0. The monoisotopic (exact) mass is 401 g/mol. The average Bonchev–Trinajstić information content (AvgIpc) is 3.21. The van der Waals surface area contributed by atoms with Gasteiger partial charge in [-0.3, -0.25) is 14.9 Å². The lowest BCUT2D eigenvalue weighted by Crippen LogP contribution is -2.26. The van der Waals surface area contributed by atoms with Crippen LogP contribution in [0.15, 0.2) is 70.7 Å². The van der Waals surface area contributed by atoms with Crippen LogP contribution in [0.3, 0.4) is 0 Å². The van der Waals surface area contributed by atoms with Gasteiger partial charge in [0.15, 0.2) is 0 Å². The summed E-state index contributed by atoms with van der Waals surface area (Å²) in [7, 11) is 0. The molecule has 0 fully saturated rings. The van der Waals surface area contributed by atoms with E-state index < -0.39 is 10.8 Å². The summed E-state index contributed by atoms with van der Waals surface area (Å²) in [6.45, 7) is 2.16. The second-order valence-corrected chi connectivity index (χ2v) is 6.64. The minimum Gasteiger partial charge on any atom is -0.456 e. The highest BCUT2D eigenvalue weighted by atomic mass is 16.6. The Morgan fingerprint density at radius 3 is 2.67 bits per heavy atom. The SMILES string of the molecule is Cc1ccc(-c2ccc(/C=C(\C#N)C(=O)NCCc3ccccc3)o2)c([N+](=O)[O-])c1. The summed E-state index contributed by atoms with van der Waals surface area (Å²) in [5.41, 5.74) is 1.99. The maximum absolute atomic E-state index is 12.3. The fourth-order valence-electron chi connectivity index (χ4n) is 2.93. The van der Waals surface area contributed by atoms with Crippen LogP contribution in [0.5, 0.6) is 0 Å². The van der Waals surface area contributed by atoms with E-state index in [1.807, 2.05) is 36.4 Å². The third-order valence-electron chi connectivity index (χ3n) is 4.44. The lowest BCUT2D eigenvalue weighted by Gasteiger charge is -2.04. The molecule has 0 bridgehead atoms. The highest BCUT2D eigenvalue weighted by molar-refractivity contribution is 6.01. The van der Waals surface area contributed by atoms with E-state index in [-0.39, 0.29) is 22.8 Å². The molecule has 0 aliphatic rings. The molecule has 3 rings (SSSR count). The van der Waals surface area contributed by atoms with E-state index in [0.29, 0.717) is 18.5 Å². The van der Waals surface area contributed by atoms with Gasteiger partial charge in [0.2, 0.25) is 0 Å². The first-order valence-electron chi connectivity index (χ1n) is 9.27. The predicted octanol–water partition coefficient (Wildman–Crippen LogP) is 4.43. The van der Waals surface area contributed by atoms with Crippen LogP contribution in [0, 0.1) is 28.4 Å². The first-order chi connectivity index (χ1) is 14.5. The standard InChI is InChI=1S/C23H19N3O4/c1-16-7-9-20(21(13-16)26(28)29)22-10-8-19(30-22)14-18(15-24)23(27)25-12-11-17-5-3-2-4-6-17/h2-10,13-14H,11-12H2,1H3,(H,25,27)/b18-14+. The topological polar surface area (TPSA) is 109 Å². The zero-order valence-electron chi connectivity index (χ0n) is 16.3. The van der Waals surface area contributed by atoms with Crippen LogP contribution in [-0.4, -0.2) is 17.4 Å². The number of nitrogens with one attached hydrogen (secondary N) is 1. The quantitative estimate of drug-likeness (QED) is 0.273. The molecule has 0 aliphatic heterocycles. The van der Waals surface area contributed by atoms with Crippen molar-refractivity contribution < 1.29 is 14.1 Å². The molecule has 1 aromatic heterocycles. The van der Waals surface area contributed by atoms with Gasteiger partial charge in [-0.15, -0.1) is 0 Å². The highest BCUT2D eigenvalue weighted by Crippen LogP contribution is 2.32. The van der Waals surface area contributed by atoms with Crippen molar-refractivity contribution in [2.24, 2.45) is 0 Å². The summed E-state index contributed by atoms with van der Waals surface area (Å²) in [5.74, 6) is 0.0389. The maximum atomic E-state index is 12.3. The molecule has 150 valence electrons. The number of furan rings is 1. The molecular weight excluding hydrogens is 382 g/mol. The van der Waals surface area contributed by atoms with Gasteiger partial charge in [-0.25, -0.2) is 0 Å². The molecule has 2 aromatic carbocycles. The van der Waals surface area contributed by atoms with Crippen LogP contribution < -0.4 is 5.32 Å². The summed E-state index contributed by atoms with van der Waals surface area (Å²) in [6, 6.07) is 19.5. The molecule has 3 aromatic rings. The first kappa shape index (κ1) is 20.6. The lowest BCUT2D eigenvalue weighted by molar-refractivity contribution is -0.384. The van der Waals surface area contributed by atoms with Crippen molar-refractivity contribution in [2.75, 3.05) is 6.54 Å². The van der Waals surface area contributed by atoms with Gasteiger partial charge >= 0.3 is 0 Å². The maximum Gasteiger partial charge on any atom is 0.280 e. The molecule has 0 atom stereocenters. The molecule has 1 heterocycles. The molecule has 0 aliphatic carbocycles. The van der Waals surface area contributed by atoms with E-state index in [9.17, 15) is 20.2 Å². The molecule has 30 heavy (non-hydrogen) atoms. The van der Waals surface area contributed by atoms with Crippen LogP contribution in [0.25, 0.3) is 17.4 Å². The van der Waals surface area contributed by atoms with Crippen LogP contribution in [0.4, 0.5) is 5.69 Å². The van der Waals surface area contributed by atoms with Gasteiger partial charge < -0.3 is 9.73 Å². The van der Waals surface area contributed by atoms with Crippen LogP contribution in [-0.2, 0) is 11.2 Å². The van der Waals surface area contributed by atoms with Crippen LogP contribution in [0.2, 0.25) is 0 Å². The Balaban J connectivity index is 1.73. The number of hydrogen-bond donors (Lipinski definition) is 1. The molecular formula is C23H19N3O4. The second-order valence-electron chi connectivity index (χ2n) is 6.64. The van der Waals surface area contributed by atoms with Gasteiger partial charge in [0.1, 0.15) is 23.2 Å². The van der Waals surface area contributed by atoms with Crippen LogP contribution >= 0.6 is 0 Å². The molecule has 0 spiro atoms. The summed E-state index contributed by atoms with van der Waals surface area (Å²) in [4.78, 5) is 23.1. The highest BCUT2D eigenvalue weighted by Gasteiger charge is 2.18.